The van der Waals surface area contributed by atoms with E-state index in [0.29, 0.717) is 5.82 Å². The van der Waals surface area contributed by atoms with Crippen LogP contribution in [0.1, 0.15) is 28.6 Å². The maximum atomic E-state index is 4.43. The Kier molecular flexibility index (Phi) is 2.21. The molecule has 0 aliphatic carbocycles. The van der Waals surface area contributed by atoms with Gasteiger partial charge in [0.05, 0.1) is 11.4 Å². The number of hydrogen-bond acceptors (Lipinski definition) is 5. The van der Waals surface area contributed by atoms with Crippen LogP contribution < -0.4 is 5.22 Å². The molecule has 106 valence electrons. The maximum Gasteiger partial charge on any atom is 0.185 e. The van der Waals surface area contributed by atoms with E-state index in [1.54, 1.807) is 9.26 Å². The predicted molar refractivity (Wildman–Crippen MR) is 75.9 cm³/mol. The smallest absolute Gasteiger partial charge is 0.185 e. The molecule has 4 rings (SSSR count). The van der Waals surface area contributed by atoms with E-state index in [1.165, 1.54) is 0 Å². The summed E-state index contributed by atoms with van der Waals surface area (Å²) in [6.45, 7) is 7.67. The van der Waals surface area contributed by atoms with Crippen LogP contribution in [-0.2, 0) is 0 Å². The standard InChI is InChI=1S/C13H14N8/c1-6-10(12-14-8(3)18-20(12)16-6)5-11-7(2)17-21-13(11)15-9(4)19-21/h5H,1-4H3,(H,14,18)/b11-5-. The van der Waals surface area contributed by atoms with Crippen molar-refractivity contribution in [1.29, 1.82) is 0 Å². The zero-order chi connectivity index (χ0) is 14.7. The van der Waals surface area contributed by atoms with Crippen LogP contribution >= 0.6 is 0 Å². The Balaban J connectivity index is 2.07. The van der Waals surface area contributed by atoms with Crippen molar-refractivity contribution in [2.24, 2.45) is 0 Å². The first-order valence-corrected chi connectivity index (χ1v) is 6.67. The quantitative estimate of drug-likeness (QED) is 0.541. The number of fused-ring (bicyclic) bond motifs is 2. The first-order valence-electron chi connectivity index (χ1n) is 6.67. The highest BCUT2D eigenvalue weighted by molar-refractivity contribution is 5.70. The van der Waals surface area contributed by atoms with Crippen LogP contribution in [0.15, 0.2) is 0 Å². The topological polar surface area (TPSA) is 89.1 Å². The number of nitrogens with zero attached hydrogens (tertiary/aromatic N) is 7. The zero-order valence-electron chi connectivity index (χ0n) is 12.2. The lowest BCUT2D eigenvalue weighted by atomic mass is 10.2. The number of aromatic amines is 1. The van der Waals surface area contributed by atoms with Gasteiger partial charge in [0.2, 0.25) is 0 Å². The van der Waals surface area contributed by atoms with Gasteiger partial charge in [-0.2, -0.15) is 10.2 Å². The van der Waals surface area contributed by atoms with Gasteiger partial charge in [-0.25, -0.2) is 4.98 Å². The molecule has 0 spiro atoms. The first-order chi connectivity index (χ1) is 10.0. The molecule has 0 aliphatic heterocycles. The molecule has 4 heterocycles. The molecule has 8 nitrogen and oxygen atoms in total. The highest BCUT2D eigenvalue weighted by atomic mass is 15.5. The van der Waals surface area contributed by atoms with Crippen molar-refractivity contribution in [3.05, 3.63) is 33.8 Å². The molecule has 0 bridgehead atoms. The Morgan fingerprint density at radius 3 is 2.48 bits per heavy atom. The second-order valence-electron chi connectivity index (χ2n) is 5.16. The van der Waals surface area contributed by atoms with E-state index in [2.05, 4.69) is 30.4 Å². The fourth-order valence-electron chi connectivity index (χ4n) is 2.54. The summed E-state index contributed by atoms with van der Waals surface area (Å²) in [5, 5.41) is 18.3. The van der Waals surface area contributed by atoms with Gasteiger partial charge in [-0.1, -0.05) is 0 Å². The summed E-state index contributed by atoms with van der Waals surface area (Å²) < 4.78 is 3.19. The molecule has 1 N–H and O–H groups in total. The van der Waals surface area contributed by atoms with Crippen LogP contribution in [0.4, 0.5) is 0 Å². The lowest BCUT2D eigenvalue weighted by Gasteiger charge is -1.89. The van der Waals surface area contributed by atoms with Gasteiger partial charge in [0, 0.05) is 10.8 Å². The fraction of sp³-hybridized carbons (Fsp3) is 0.308. The minimum absolute atomic E-state index is 0.710. The maximum absolute atomic E-state index is 4.43. The molecule has 0 aromatic carbocycles. The summed E-state index contributed by atoms with van der Waals surface area (Å²) in [6, 6.07) is 0. The van der Waals surface area contributed by atoms with Gasteiger partial charge in [-0.3, -0.25) is 0 Å². The van der Waals surface area contributed by atoms with Crippen LogP contribution in [0.25, 0.3) is 17.4 Å². The monoisotopic (exact) mass is 282 g/mol. The van der Waals surface area contributed by atoms with Crippen molar-refractivity contribution in [3.8, 4) is 0 Å². The van der Waals surface area contributed by atoms with Crippen molar-refractivity contribution in [2.45, 2.75) is 27.7 Å². The average molecular weight is 282 g/mol. The Labute approximate surface area is 119 Å². The molecule has 4 aromatic heterocycles. The molecule has 0 saturated carbocycles. The summed E-state index contributed by atoms with van der Waals surface area (Å²) in [5.41, 5.74) is 4.43. The van der Waals surface area contributed by atoms with Gasteiger partial charge in [-0.05, 0) is 33.8 Å². The molecular formula is C13H14N8. The van der Waals surface area contributed by atoms with Crippen LogP contribution in [-0.4, -0.2) is 39.6 Å². The molecule has 0 radical (unpaired) electrons. The molecule has 4 aromatic rings. The van der Waals surface area contributed by atoms with Gasteiger partial charge in [-0.15, -0.1) is 19.5 Å². The van der Waals surface area contributed by atoms with Gasteiger partial charge in [0.1, 0.15) is 11.6 Å². The van der Waals surface area contributed by atoms with Gasteiger partial charge in [0.25, 0.3) is 0 Å². The Morgan fingerprint density at radius 2 is 1.67 bits per heavy atom. The van der Waals surface area contributed by atoms with E-state index in [9.17, 15) is 0 Å². The van der Waals surface area contributed by atoms with Crippen molar-refractivity contribution in [1.82, 2.24) is 39.6 Å². The number of aromatic nitrogens is 8. The minimum Gasteiger partial charge on any atom is -0.325 e. The third-order valence-corrected chi connectivity index (χ3v) is 3.49. The number of H-pyrrole nitrogens is 1. The number of nitrogens with one attached hydrogen (secondary N) is 1. The van der Waals surface area contributed by atoms with Gasteiger partial charge < -0.3 is 4.98 Å². The Bertz CT molecular complexity index is 1030. The molecular weight excluding hydrogens is 268 g/mol. The van der Waals surface area contributed by atoms with Crippen LogP contribution in [0.5, 0.6) is 0 Å². The lowest BCUT2D eigenvalue weighted by molar-refractivity contribution is 0.793. The van der Waals surface area contributed by atoms with E-state index < -0.39 is 0 Å². The van der Waals surface area contributed by atoms with E-state index in [-0.39, 0.29) is 0 Å². The zero-order valence-corrected chi connectivity index (χ0v) is 12.2. The minimum atomic E-state index is 0.710. The largest absolute Gasteiger partial charge is 0.325 e. The molecule has 0 amide bonds. The van der Waals surface area contributed by atoms with Gasteiger partial charge >= 0.3 is 0 Å². The summed E-state index contributed by atoms with van der Waals surface area (Å²) in [6.07, 6.45) is 2.04. The summed E-state index contributed by atoms with van der Waals surface area (Å²) >= 11 is 0. The van der Waals surface area contributed by atoms with Gasteiger partial charge in [0.15, 0.2) is 11.3 Å². The number of rotatable bonds is 1. The van der Waals surface area contributed by atoms with Crippen molar-refractivity contribution in [3.63, 3.8) is 0 Å². The molecule has 8 heteroatoms. The Morgan fingerprint density at radius 1 is 0.905 bits per heavy atom. The van der Waals surface area contributed by atoms with Crippen LogP contribution in [0.3, 0.4) is 0 Å². The predicted octanol–water partition coefficient (Wildman–Crippen LogP) is 0.276. The molecule has 0 fully saturated rings. The highest BCUT2D eigenvalue weighted by Crippen LogP contribution is 2.14. The molecule has 0 saturated heterocycles. The summed E-state index contributed by atoms with van der Waals surface area (Å²) in [4.78, 5) is 7.66. The van der Waals surface area contributed by atoms with E-state index in [0.717, 1.165) is 39.3 Å². The number of hydrogen-bond donors (Lipinski definition) is 1. The van der Waals surface area contributed by atoms with E-state index in [4.69, 9.17) is 0 Å². The Hall–Kier alpha value is -2.77. The second-order valence-corrected chi connectivity index (χ2v) is 5.16. The average Bonchev–Trinajstić information content (AvgIpc) is 3.06. The highest BCUT2D eigenvalue weighted by Gasteiger charge is 2.13. The normalized spacial score (nSPS) is 13.0. The second kappa shape index (κ2) is 3.87. The molecule has 0 atom stereocenters. The number of aryl methyl sites for hydroxylation is 4. The molecule has 21 heavy (non-hydrogen) atoms. The third-order valence-electron chi connectivity index (χ3n) is 3.49. The van der Waals surface area contributed by atoms with Crippen molar-refractivity contribution in [2.75, 3.05) is 0 Å². The van der Waals surface area contributed by atoms with E-state index in [1.807, 2.05) is 33.8 Å². The fourth-order valence-corrected chi connectivity index (χ4v) is 2.54. The molecule has 0 aliphatic rings. The molecule has 0 unspecified atom stereocenters. The van der Waals surface area contributed by atoms with Crippen molar-refractivity contribution >= 4 is 17.4 Å². The van der Waals surface area contributed by atoms with E-state index >= 15 is 0 Å². The summed E-state index contributed by atoms with van der Waals surface area (Å²) in [7, 11) is 0. The first kappa shape index (κ1) is 12.0. The lowest BCUT2D eigenvalue weighted by Crippen LogP contribution is -2.04. The SMILES string of the molecule is Cc1nc2/c(=C\c3c(C)nn4nc(C)[nH]c34)c(C)nn2n1. The summed E-state index contributed by atoms with van der Waals surface area (Å²) in [5.74, 6) is 1.54. The third kappa shape index (κ3) is 1.65. The van der Waals surface area contributed by atoms with Crippen molar-refractivity contribution < 1.29 is 0 Å². The van der Waals surface area contributed by atoms with Crippen LogP contribution in [0, 0.1) is 27.7 Å². The van der Waals surface area contributed by atoms with Crippen LogP contribution in [0.2, 0.25) is 0 Å².